The van der Waals surface area contributed by atoms with Gasteiger partial charge >= 0.3 is 11.7 Å². The van der Waals surface area contributed by atoms with Crippen LogP contribution in [0.3, 0.4) is 0 Å². The summed E-state index contributed by atoms with van der Waals surface area (Å²) in [5.74, 6) is -2.09. The van der Waals surface area contributed by atoms with Crippen molar-refractivity contribution in [2.75, 3.05) is 19.7 Å². The first kappa shape index (κ1) is 17.2. The van der Waals surface area contributed by atoms with Crippen molar-refractivity contribution in [3.8, 4) is 0 Å². The molecule has 1 unspecified atom stereocenters. The zero-order valence-electron chi connectivity index (χ0n) is 14.6. The summed E-state index contributed by atoms with van der Waals surface area (Å²) in [7, 11) is 0. The summed E-state index contributed by atoms with van der Waals surface area (Å²) in [5.41, 5.74) is 0.103. The van der Waals surface area contributed by atoms with E-state index < -0.39 is 17.3 Å². The Balaban J connectivity index is 1.57. The first-order valence-corrected chi connectivity index (χ1v) is 8.94. The van der Waals surface area contributed by atoms with Crippen LogP contribution in [0.4, 0.5) is 8.78 Å². The number of aromatic nitrogens is 2. The third-order valence-corrected chi connectivity index (χ3v) is 5.58. The molecule has 1 aromatic heterocycles. The zero-order chi connectivity index (χ0) is 18.4. The number of aryl methyl sites for hydroxylation is 1. The summed E-state index contributed by atoms with van der Waals surface area (Å²) in [4.78, 5) is 28.6. The van der Waals surface area contributed by atoms with Crippen LogP contribution in [0.25, 0.3) is 11.0 Å². The third-order valence-electron chi connectivity index (χ3n) is 5.58. The van der Waals surface area contributed by atoms with Crippen molar-refractivity contribution in [1.82, 2.24) is 14.5 Å². The molecule has 3 heterocycles. The number of carbonyl (C=O) groups excluding carboxylic acids is 1. The number of likely N-dealkylation sites (tertiary alicyclic amines) is 1. The molecule has 1 N–H and O–H groups in total. The Hall–Kier alpha value is -2.22. The molecular weight excluding hydrogens is 344 g/mol. The van der Waals surface area contributed by atoms with E-state index in [4.69, 9.17) is 4.74 Å². The summed E-state index contributed by atoms with van der Waals surface area (Å²) in [5, 5.41) is 0. The Morgan fingerprint density at radius 3 is 2.54 bits per heavy atom. The second-order valence-corrected chi connectivity index (χ2v) is 7.15. The summed E-state index contributed by atoms with van der Waals surface area (Å²) in [6.45, 7) is 3.45. The molecule has 0 amide bonds. The Labute approximate surface area is 148 Å². The molecule has 4 rings (SSSR count). The number of imidazole rings is 1. The van der Waals surface area contributed by atoms with Crippen molar-refractivity contribution in [3.05, 3.63) is 33.7 Å². The number of aromatic amines is 1. The molecule has 6 nitrogen and oxygen atoms in total. The number of hydrogen-bond donors (Lipinski definition) is 1. The molecule has 2 fully saturated rings. The largest absolute Gasteiger partial charge is 0.466 e. The SMILES string of the molecule is Cc1cc2c([nH]c(=O)n2C2CCN(C3CCOC(=O)C3)CC2)c(F)c1F. The number of nitrogens with one attached hydrogen (secondary N) is 1. The third kappa shape index (κ3) is 2.82. The van der Waals surface area contributed by atoms with Gasteiger partial charge in [-0.25, -0.2) is 13.6 Å². The van der Waals surface area contributed by atoms with Crippen molar-refractivity contribution in [2.24, 2.45) is 0 Å². The molecule has 0 aliphatic carbocycles. The van der Waals surface area contributed by atoms with Crippen LogP contribution in [-0.2, 0) is 9.53 Å². The van der Waals surface area contributed by atoms with E-state index in [-0.39, 0.29) is 29.1 Å². The highest BCUT2D eigenvalue weighted by Gasteiger charge is 2.31. The maximum absolute atomic E-state index is 14.2. The van der Waals surface area contributed by atoms with E-state index in [1.54, 1.807) is 4.57 Å². The van der Waals surface area contributed by atoms with E-state index in [0.717, 1.165) is 32.4 Å². The fourth-order valence-corrected chi connectivity index (χ4v) is 4.17. The molecule has 0 radical (unpaired) electrons. The molecule has 0 saturated carbocycles. The molecule has 2 aliphatic heterocycles. The Kier molecular flexibility index (Phi) is 4.30. The number of fused-ring (bicyclic) bond motifs is 1. The maximum atomic E-state index is 14.2. The summed E-state index contributed by atoms with van der Waals surface area (Å²) < 4.78 is 34.5. The van der Waals surface area contributed by atoms with Gasteiger partial charge in [0.15, 0.2) is 11.6 Å². The smallest absolute Gasteiger partial charge is 0.326 e. The minimum absolute atomic E-state index is 0.0736. The molecule has 2 saturated heterocycles. The minimum Gasteiger partial charge on any atom is -0.466 e. The van der Waals surface area contributed by atoms with Crippen LogP contribution in [0.5, 0.6) is 0 Å². The average molecular weight is 365 g/mol. The number of H-pyrrole nitrogens is 1. The van der Waals surface area contributed by atoms with Gasteiger partial charge in [0.1, 0.15) is 5.52 Å². The topological polar surface area (TPSA) is 67.3 Å². The van der Waals surface area contributed by atoms with Crippen LogP contribution in [-0.4, -0.2) is 46.2 Å². The molecule has 8 heteroatoms. The summed E-state index contributed by atoms with van der Waals surface area (Å²) >= 11 is 0. The van der Waals surface area contributed by atoms with Gasteiger partial charge in [-0.3, -0.25) is 14.3 Å². The van der Waals surface area contributed by atoms with Crippen LogP contribution < -0.4 is 5.69 Å². The second kappa shape index (κ2) is 6.50. The number of piperidine rings is 1. The number of rotatable bonds is 2. The fraction of sp³-hybridized carbons (Fsp3) is 0.556. The molecule has 2 aromatic rings. The second-order valence-electron chi connectivity index (χ2n) is 7.15. The Morgan fingerprint density at radius 1 is 1.12 bits per heavy atom. The lowest BCUT2D eigenvalue weighted by molar-refractivity contribution is -0.150. The Morgan fingerprint density at radius 2 is 1.85 bits per heavy atom. The zero-order valence-corrected chi connectivity index (χ0v) is 14.6. The molecule has 1 atom stereocenters. The van der Waals surface area contributed by atoms with E-state index in [0.29, 0.717) is 18.5 Å². The van der Waals surface area contributed by atoms with Gasteiger partial charge in [0.2, 0.25) is 0 Å². The fourth-order valence-electron chi connectivity index (χ4n) is 4.17. The molecule has 0 bridgehead atoms. The first-order valence-electron chi connectivity index (χ1n) is 8.94. The lowest BCUT2D eigenvalue weighted by atomic mass is 9.99. The van der Waals surface area contributed by atoms with Gasteiger partial charge in [-0.2, -0.15) is 0 Å². The Bertz CT molecular complexity index is 913. The quantitative estimate of drug-likeness (QED) is 0.829. The number of carbonyl (C=O) groups is 1. The molecule has 140 valence electrons. The van der Waals surface area contributed by atoms with E-state index >= 15 is 0 Å². The first-order chi connectivity index (χ1) is 12.5. The molecule has 2 aliphatic rings. The average Bonchev–Trinajstić information content (AvgIpc) is 2.96. The van der Waals surface area contributed by atoms with E-state index in [1.165, 1.54) is 13.0 Å². The molecule has 0 spiro atoms. The molecular formula is C18H21F2N3O3. The number of hydrogen-bond acceptors (Lipinski definition) is 4. The van der Waals surface area contributed by atoms with Crippen LogP contribution in [0, 0.1) is 18.6 Å². The van der Waals surface area contributed by atoms with Crippen molar-refractivity contribution in [1.29, 1.82) is 0 Å². The number of ether oxygens (including phenoxy) is 1. The lowest BCUT2D eigenvalue weighted by Gasteiger charge is -2.38. The highest BCUT2D eigenvalue weighted by molar-refractivity contribution is 5.77. The number of halogens is 2. The molecule has 26 heavy (non-hydrogen) atoms. The van der Waals surface area contributed by atoms with E-state index in [1.807, 2.05) is 0 Å². The highest BCUT2D eigenvalue weighted by Crippen LogP contribution is 2.29. The van der Waals surface area contributed by atoms with Gasteiger partial charge in [0, 0.05) is 25.2 Å². The minimum atomic E-state index is -1.01. The standard InChI is InChI=1S/C18H21F2N3O3/c1-10-8-13-17(16(20)15(10)19)21-18(25)23(13)11-2-5-22(6-3-11)12-4-7-26-14(24)9-12/h8,11-12H,2-7,9H2,1H3,(H,21,25). The van der Waals surface area contributed by atoms with Gasteiger partial charge in [-0.1, -0.05) is 0 Å². The predicted molar refractivity (Wildman–Crippen MR) is 91.0 cm³/mol. The summed E-state index contributed by atoms with van der Waals surface area (Å²) in [6.07, 6.45) is 2.67. The van der Waals surface area contributed by atoms with Gasteiger partial charge in [0.25, 0.3) is 0 Å². The monoisotopic (exact) mass is 365 g/mol. The summed E-state index contributed by atoms with van der Waals surface area (Å²) in [6, 6.07) is 1.63. The van der Waals surface area contributed by atoms with Crippen molar-refractivity contribution in [3.63, 3.8) is 0 Å². The lowest BCUT2D eigenvalue weighted by Crippen LogP contribution is -2.46. The highest BCUT2D eigenvalue weighted by atomic mass is 19.2. The molecule has 1 aromatic carbocycles. The van der Waals surface area contributed by atoms with E-state index in [2.05, 4.69) is 9.88 Å². The van der Waals surface area contributed by atoms with Crippen molar-refractivity contribution >= 4 is 17.0 Å². The van der Waals surface area contributed by atoms with Gasteiger partial charge in [-0.15, -0.1) is 0 Å². The van der Waals surface area contributed by atoms with Crippen LogP contribution in [0.15, 0.2) is 10.9 Å². The number of esters is 1. The van der Waals surface area contributed by atoms with E-state index in [9.17, 15) is 18.4 Å². The maximum Gasteiger partial charge on any atom is 0.326 e. The van der Waals surface area contributed by atoms with Gasteiger partial charge in [-0.05, 0) is 37.8 Å². The normalized spacial score (nSPS) is 22.7. The van der Waals surface area contributed by atoms with Gasteiger partial charge < -0.3 is 9.72 Å². The van der Waals surface area contributed by atoms with Gasteiger partial charge in [0.05, 0.1) is 18.5 Å². The van der Waals surface area contributed by atoms with Crippen LogP contribution in [0.2, 0.25) is 0 Å². The van der Waals surface area contributed by atoms with Crippen molar-refractivity contribution < 1.29 is 18.3 Å². The van der Waals surface area contributed by atoms with Crippen LogP contribution >= 0.6 is 0 Å². The number of cyclic esters (lactones) is 1. The number of benzene rings is 1. The predicted octanol–water partition coefficient (Wildman–Crippen LogP) is 2.26. The number of nitrogens with zero attached hydrogens (tertiary/aromatic N) is 2. The van der Waals surface area contributed by atoms with Crippen LogP contribution in [0.1, 0.15) is 37.3 Å². The van der Waals surface area contributed by atoms with Crippen molar-refractivity contribution in [2.45, 2.75) is 44.7 Å².